The lowest BCUT2D eigenvalue weighted by atomic mass is 9.99. The molecule has 26 heavy (non-hydrogen) atoms. The van der Waals surface area contributed by atoms with E-state index >= 15 is 0 Å². The average Bonchev–Trinajstić information content (AvgIpc) is 2.62. The molecule has 1 atom stereocenters. The maximum atomic E-state index is 13.3. The molecular formula is C18H27N3O4S. The van der Waals surface area contributed by atoms with Crippen molar-refractivity contribution in [2.24, 2.45) is 0 Å². The van der Waals surface area contributed by atoms with E-state index in [-0.39, 0.29) is 18.0 Å². The molecule has 2 fully saturated rings. The molecule has 2 saturated heterocycles. The van der Waals surface area contributed by atoms with Gasteiger partial charge in [-0.15, -0.1) is 0 Å². The van der Waals surface area contributed by atoms with Crippen LogP contribution in [-0.4, -0.2) is 73.2 Å². The summed E-state index contributed by atoms with van der Waals surface area (Å²) in [6.07, 6.45) is 4.34. The summed E-state index contributed by atoms with van der Waals surface area (Å²) >= 11 is 0. The van der Waals surface area contributed by atoms with E-state index in [1.165, 1.54) is 10.6 Å². The lowest BCUT2D eigenvalue weighted by Crippen LogP contribution is -2.56. The first kappa shape index (κ1) is 19.3. The number of carbonyl (C=O) groups is 1. The summed E-state index contributed by atoms with van der Waals surface area (Å²) in [5, 5.41) is 0. The van der Waals surface area contributed by atoms with Crippen LogP contribution < -0.4 is 0 Å². The lowest BCUT2D eigenvalue weighted by Gasteiger charge is -2.43. The lowest BCUT2D eigenvalue weighted by molar-refractivity contribution is 0.00827. The standard InChI is InChI=1S/C18H27N3O4S/c1-14-5-3-7-17(19-14)18(22)21(15-8-11-25-12-9-15)16-6-4-10-20(13-16)26(2,23)24/h3,5,7,15-16H,4,6,8-13H2,1-2H3. The molecule has 0 N–H and O–H groups in total. The second-order valence-electron chi connectivity index (χ2n) is 7.14. The fraction of sp³-hybridized carbons (Fsp3) is 0.667. The number of piperidine rings is 1. The molecule has 0 radical (unpaired) electrons. The van der Waals surface area contributed by atoms with E-state index < -0.39 is 10.0 Å². The van der Waals surface area contributed by atoms with Gasteiger partial charge in [0, 0.05) is 44.1 Å². The van der Waals surface area contributed by atoms with Crippen molar-refractivity contribution in [1.29, 1.82) is 0 Å². The number of pyridine rings is 1. The van der Waals surface area contributed by atoms with Crippen LogP contribution in [-0.2, 0) is 14.8 Å². The number of aryl methyl sites for hydroxylation is 1. The smallest absolute Gasteiger partial charge is 0.273 e. The van der Waals surface area contributed by atoms with Crippen molar-refractivity contribution in [1.82, 2.24) is 14.2 Å². The van der Waals surface area contributed by atoms with Gasteiger partial charge < -0.3 is 9.64 Å². The van der Waals surface area contributed by atoms with E-state index in [4.69, 9.17) is 4.74 Å². The SMILES string of the molecule is Cc1cccc(C(=O)N(C2CCOCC2)C2CCCN(S(C)(=O)=O)C2)n1. The zero-order chi connectivity index (χ0) is 18.7. The van der Waals surface area contributed by atoms with E-state index in [0.29, 0.717) is 32.0 Å². The molecular weight excluding hydrogens is 354 g/mol. The maximum absolute atomic E-state index is 13.3. The molecule has 3 heterocycles. The predicted octanol–water partition coefficient (Wildman–Crippen LogP) is 1.44. The van der Waals surface area contributed by atoms with Gasteiger partial charge in [0.15, 0.2) is 0 Å². The molecule has 1 aromatic heterocycles. The Hall–Kier alpha value is -1.51. The van der Waals surface area contributed by atoms with Gasteiger partial charge in [-0.05, 0) is 44.7 Å². The predicted molar refractivity (Wildman–Crippen MR) is 98.4 cm³/mol. The quantitative estimate of drug-likeness (QED) is 0.788. The average molecular weight is 381 g/mol. The van der Waals surface area contributed by atoms with Gasteiger partial charge in [-0.25, -0.2) is 17.7 Å². The topological polar surface area (TPSA) is 79.8 Å². The number of sulfonamides is 1. The Balaban J connectivity index is 1.89. The fourth-order valence-electron chi connectivity index (χ4n) is 3.84. The molecule has 8 heteroatoms. The highest BCUT2D eigenvalue weighted by Gasteiger charge is 2.37. The van der Waals surface area contributed by atoms with Crippen LogP contribution in [0, 0.1) is 6.92 Å². The van der Waals surface area contributed by atoms with E-state index in [0.717, 1.165) is 31.4 Å². The van der Waals surface area contributed by atoms with Crippen LogP contribution in [0.25, 0.3) is 0 Å². The molecule has 0 aliphatic carbocycles. The normalized spacial score (nSPS) is 22.9. The summed E-state index contributed by atoms with van der Waals surface area (Å²) in [4.78, 5) is 19.6. The zero-order valence-corrected chi connectivity index (χ0v) is 16.2. The van der Waals surface area contributed by atoms with E-state index in [2.05, 4.69) is 4.98 Å². The fourth-order valence-corrected chi connectivity index (χ4v) is 4.74. The zero-order valence-electron chi connectivity index (χ0n) is 15.4. The third-order valence-electron chi connectivity index (χ3n) is 5.15. The third-order valence-corrected chi connectivity index (χ3v) is 6.42. The van der Waals surface area contributed by atoms with Crippen molar-refractivity contribution in [2.45, 2.75) is 44.7 Å². The van der Waals surface area contributed by atoms with Gasteiger partial charge in [0.1, 0.15) is 5.69 Å². The maximum Gasteiger partial charge on any atom is 0.273 e. The number of ether oxygens (including phenoxy) is 1. The summed E-state index contributed by atoms with van der Waals surface area (Å²) in [5.41, 5.74) is 1.22. The molecule has 1 unspecified atom stereocenters. The number of aromatic nitrogens is 1. The van der Waals surface area contributed by atoms with Crippen LogP contribution in [0.2, 0.25) is 0 Å². The number of carbonyl (C=O) groups excluding carboxylic acids is 1. The number of rotatable bonds is 4. The molecule has 144 valence electrons. The second-order valence-corrected chi connectivity index (χ2v) is 9.12. The Labute approximate surface area is 155 Å². The minimum atomic E-state index is -3.27. The summed E-state index contributed by atoms with van der Waals surface area (Å²) in [6.45, 7) is 3.99. The van der Waals surface area contributed by atoms with Crippen LogP contribution in [0.5, 0.6) is 0 Å². The van der Waals surface area contributed by atoms with Crippen LogP contribution in [0.15, 0.2) is 18.2 Å². The van der Waals surface area contributed by atoms with E-state index in [1.54, 1.807) is 6.07 Å². The highest BCUT2D eigenvalue weighted by Crippen LogP contribution is 2.26. The summed E-state index contributed by atoms with van der Waals surface area (Å²) < 4.78 is 31.0. The molecule has 0 saturated carbocycles. The molecule has 0 spiro atoms. The molecule has 2 aliphatic rings. The minimum Gasteiger partial charge on any atom is -0.381 e. The largest absolute Gasteiger partial charge is 0.381 e. The van der Waals surface area contributed by atoms with Crippen molar-refractivity contribution in [3.05, 3.63) is 29.6 Å². The first-order valence-electron chi connectivity index (χ1n) is 9.15. The van der Waals surface area contributed by atoms with Crippen molar-refractivity contribution >= 4 is 15.9 Å². The van der Waals surface area contributed by atoms with Gasteiger partial charge in [-0.2, -0.15) is 0 Å². The van der Waals surface area contributed by atoms with Crippen LogP contribution in [0.4, 0.5) is 0 Å². The summed E-state index contributed by atoms with van der Waals surface area (Å²) in [7, 11) is -3.27. The first-order chi connectivity index (χ1) is 12.4. The highest BCUT2D eigenvalue weighted by atomic mass is 32.2. The van der Waals surface area contributed by atoms with Crippen molar-refractivity contribution in [2.75, 3.05) is 32.6 Å². The monoisotopic (exact) mass is 381 g/mol. The Bertz CT molecular complexity index is 747. The number of hydrogen-bond donors (Lipinski definition) is 0. The van der Waals surface area contributed by atoms with Crippen LogP contribution in [0.1, 0.15) is 41.9 Å². The molecule has 1 amide bonds. The molecule has 1 aromatic rings. The Morgan fingerprint density at radius 1 is 1.23 bits per heavy atom. The van der Waals surface area contributed by atoms with Crippen molar-refractivity contribution in [3.63, 3.8) is 0 Å². The van der Waals surface area contributed by atoms with Gasteiger partial charge in [0.25, 0.3) is 5.91 Å². The highest BCUT2D eigenvalue weighted by molar-refractivity contribution is 7.88. The summed E-state index contributed by atoms with van der Waals surface area (Å²) in [6, 6.07) is 5.36. The summed E-state index contributed by atoms with van der Waals surface area (Å²) in [5.74, 6) is -0.110. The Morgan fingerprint density at radius 3 is 2.62 bits per heavy atom. The molecule has 0 bridgehead atoms. The van der Waals surface area contributed by atoms with E-state index in [1.807, 2.05) is 24.0 Å². The Kier molecular flexibility index (Phi) is 5.94. The Morgan fingerprint density at radius 2 is 1.96 bits per heavy atom. The molecule has 7 nitrogen and oxygen atoms in total. The van der Waals surface area contributed by atoms with Crippen LogP contribution in [0.3, 0.4) is 0 Å². The molecule has 0 aromatic carbocycles. The second kappa shape index (κ2) is 8.02. The number of hydrogen-bond acceptors (Lipinski definition) is 5. The van der Waals surface area contributed by atoms with Gasteiger partial charge in [0.05, 0.1) is 6.26 Å². The van der Waals surface area contributed by atoms with Gasteiger partial charge in [0.2, 0.25) is 10.0 Å². The van der Waals surface area contributed by atoms with E-state index in [9.17, 15) is 13.2 Å². The number of nitrogens with zero attached hydrogens (tertiary/aromatic N) is 3. The number of amides is 1. The molecule has 3 rings (SSSR count). The first-order valence-corrected chi connectivity index (χ1v) is 11.0. The van der Waals surface area contributed by atoms with Crippen LogP contribution >= 0.6 is 0 Å². The van der Waals surface area contributed by atoms with Gasteiger partial charge >= 0.3 is 0 Å². The van der Waals surface area contributed by atoms with Crippen molar-refractivity contribution < 1.29 is 17.9 Å². The van der Waals surface area contributed by atoms with Crippen molar-refractivity contribution in [3.8, 4) is 0 Å². The van der Waals surface area contributed by atoms with Gasteiger partial charge in [-0.3, -0.25) is 4.79 Å². The molecule has 2 aliphatic heterocycles. The third kappa shape index (κ3) is 4.42. The van der Waals surface area contributed by atoms with Gasteiger partial charge in [-0.1, -0.05) is 6.07 Å². The minimum absolute atomic E-state index is 0.0584.